The molecule has 2 nitrogen and oxygen atoms in total. The van der Waals surface area contributed by atoms with Crippen LogP contribution in [-0.4, -0.2) is 49.6 Å². The monoisotopic (exact) mass is 142 g/mol. The molecule has 2 heteroatoms. The summed E-state index contributed by atoms with van der Waals surface area (Å²) in [6.07, 6.45) is 1.32. The van der Waals surface area contributed by atoms with Gasteiger partial charge < -0.3 is 9.80 Å². The summed E-state index contributed by atoms with van der Waals surface area (Å²) in [6.45, 7) is 6.03. The zero-order chi connectivity index (χ0) is 7.56. The molecule has 0 aromatic rings. The van der Waals surface area contributed by atoms with Crippen LogP contribution < -0.4 is 0 Å². The molecule has 0 aliphatic carbocycles. The van der Waals surface area contributed by atoms with E-state index < -0.39 is 0 Å². The molecule has 60 valence electrons. The van der Waals surface area contributed by atoms with Crippen LogP contribution >= 0.6 is 0 Å². The van der Waals surface area contributed by atoms with E-state index in [9.17, 15) is 0 Å². The number of likely N-dealkylation sites (N-methyl/N-ethyl adjacent to an activating group) is 2. The van der Waals surface area contributed by atoms with Crippen molar-refractivity contribution in [3.05, 3.63) is 0 Å². The lowest BCUT2D eigenvalue weighted by Crippen LogP contribution is -2.34. The van der Waals surface area contributed by atoms with Gasteiger partial charge in [0.25, 0.3) is 0 Å². The molecule has 0 bridgehead atoms. The Kier molecular flexibility index (Phi) is 2.69. The first kappa shape index (κ1) is 8.02. The maximum Gasteiger partial charge on any atom is 0.0191 e. The molecule has 1 fully saturated rings. The fourth-order valence-corrected chi connectivity index (χ4v) is 1.49. The molecular weight excluding hydrogens is 124 g/mol. The van der Waals surface area contributed by atoms with Gasteiger partial charge in [-0.3, -0.25) is 0 Å². The molecule has 1 aliphatic rings. The zero-order valence-electron chi connectivity index (χ0n) is 7.30. The van der Waals surface area contributed by atoms with Gasteiger partial charge in [-0.05, 0) is 40.5 Å². The van der Waals surface area contributed by atoms with Crippen LogP contribution in [0.4, 0.5) is 0 Å². The molecule has 1 rings (SSSR count). The van der Waals surface area contributed by atoms with E-state index >= 15 is 0 Å². The molecule has 0 aromatic heterocycles. The molecule has 1 atom stereocenters. The summed E-state index contributed by atoms with van der Waals surface area (Å²) in [7, 11) is 4.42. The van der Waals surface area contributed by atoms with Crippen LogP contribution in [0.3, 0.4) is 0 Å². The number of hydrogen-bond acceptors (Lipinski definition) is 2. The van der Waals surface area contributed by atoms with Crippen molar-refractivity contribution in [1.82, 2.24) is 9.80 Å². The topological polar surface area (TPSA) is 6.48 Å². The van der Waals surface area contributed by atoms with Crippen LogP contribution in [0.15, 0.2) is 0 Å². The summed E-state index contributed by atoms with van der Waals surface area (Å²) in [5, 5.41) is 0. The van der Waals surface area contributed by atoms with E-state index in [1.54, 1.807) is 0 Å². The first-order valence-electron chi connectivity index (χ1n) is 4.09. The average molecular weight is 142 g/mol. The third-order valence-corrected chi connectivity index (χ3v) is 2.38. The molecule has 1 saturated heterocycles. The van der Waals surface area contributed by atoms with Gasteiger partial charge in [0.2, 0.25) is 0 Å². The van der Waals surface area contributed by atoms with Crippen molar-refractivity contribution in [3.63, 3.8) is 0 Å². The minimum atomic E-state index is 0.729. The second kappa shape index (κ2) is 3.35. The van der Waals surface area contributed by atoms with Crippen molar-refractivity contribution in [2.75, 3.05) is 33.7 Å². The molecule has 1 unspecified atom stereocenters. The minimum Gasteiger partial charge on any atom is -0.305 e. The molecule has 0 saturated carbocycles. The highest BCUT2D eigenvalue weighted by molar-refractivity contribution is 4.71. The van der Waals surface area contributed by atoms with Crippen LogP contribution in [0.5, 0.6) is 0 Å². The second-order valence-corrected chi connectivity index (χ2v) is 3.45. The van der Waals surface area contributed by atoms with Gasteiger partial charge in [-0.15, -0.1) is 0 Å². The molecule has 0 N–H and O–H groups in total. The van der Waals surface area contributed by atoms with Gasteiger partial charge in [0.05, 0.1) is 0 Å². The van der Waals surface area contributed by atoms with Crippen LogP contribution in [0.1, 0.15) is 13.3 Å². The van der Waals surface area contributed by atoms with Gasteiger partial charge in [0, 0.05) is 12.6 Å². The van der Waals surface area contributed by atoms with Crippen LogP contribution in [0, 0.1) is 0 Å². The second-order valence-electron chi connectivity index (χ2n) is 3.45. The Hall–Kier alpha value is -0.0800. The van der Waals surface area contributed by atoms with Crippen molar-refractivity contribution in [3.8, 4) is 0 Å². The van der Waals surface area contributed by atoms with Crippen molar-refractivity contribution in [1.29, 1.82) is 0 Å². The Labute approximate surface area is 63.8 Å². The number of rotatable bonds is 0. The van der Waals surface area contributed by atoms with Gasteiger partial charge in [0.1, 0.15) is 0 Å². The standard InChI is InChI=1S/C8H18N2/c1-8-7-9(2)5-4-6-10(8)3/h8H,4-7H2,1-3H3. The van der Waals surface area contributed by atoms with Crippen LogP contribution in [0.2, 0.25) is 0 Å². The Balaban J connectivity index is 2.41. The Morgan fingerprint density at radius 1 is 1.20 bits per heavy atom. The van der Waals surface area contributed by atoms with Crippen molar-refractivity contribution >= 4 is 0 Å². The smallest absolute Gasteiger partial charge is 0.0191 e. The summed E-state index contributed by atoms with van der Waals surface area (Å²) in [6, 6.07) is 0.729. The van der Waals surface area contributed by atoms with Crippen LogP contribution in [-0.2, 0) is 0 Å². The summed E-state index contributed by atoms with van der Waals surface area (Å²) in [4.78, 5) is 4.84. The maximum atomic E-state index is 2.43. The predicted octanol–water partition coefficient (Wildman–Crippen LogP) is 0.642. The van der Waals surface area contributed by atoms with Crippen molar-refractivity contribution < 1.29 is 0 Å². The summed E-state index contributed by atoms with van der Waals surface area (Å²) in [5.74, 6) is 0. The van der Waals surface area contributed by atoms with E-state index in [-0.39, 0.29) is 0 Å². The Morgan fingerprint density at radius 2 is 1.90 bits per heavy atom. The lowest BCUT2D eigenvalue weighted by atomic mass is 10.3. The van der Waals surface area contributed by atoms with Crippen LogP contribution in [0.25, 0.3) is 0 Å². The Morgan fingerprint density at radius 3 is 2.60 bits per heavy atom. The normalized spacial score (nSPS) is 32.1. The van der Waals surface area contributed by atoms with Gasteiger partial charge in [-0.1, -0.05) is 0 Å². The van der Waals surface area contributed by atoms with Crippen molar-refractivity contribution in [2.45, 2.75) is 19.4 Å². The fourth-order valence-electron chi connectivity index (χ4n) is 1.49. The van der Waals surface area contributed by atoms with E-state index in [4.69, 9.17) is 0 Å². The van der Waals surface area contributed by atoms with E-state index in [0.29, 0.717) is 0 Å². The number of nitrogens with zero attached hydrogens (tertiary/aromatic N) is 2. The van der Waals surface area contributed by atoms with E-state index in [2.05, 4.69) is 30.8 Å². The molecule has 0 spiro atoms. The highest BCUT2D eigenvalue weighted by Crippen LogP contribution is 2.04. The zero-order valence-corrected chi connectivity index (χ0v) is 7.30. The largest absolute Gasteiger partial charge is 0.305 e. The molecule has 1 heterocycles. The van der Waals surface area contributed by atoms with Gasteiger partial charge in [-0.2, -0.15) is 0 Å². The summed E-state index contributed by atoms with van der Waals surface area (Å²) >= 11 is 0. The predicted molar refractivity (Wildman–Crippen MR) is 44.2 cm³/mol. The molecule has 0 amide bonds. The highest BCUT2D eigenvalue weighted by atomic mass is 15.2. The Bertz CT molecular complexity index is 103. The van der Waals surface area contributed by atoms with Gasteiger partial charge in [-0.25, -0.2) is 0 Å². The lowest BCUT2D eigenvalue weighted by Gasteiger charge is -2.22. The fraction of sp³-hybridized carbons (Fsp3) is 1.00. The first-order valence-corrected chi connectivity index (χ1v) is 4.09. The molecule has 0 radical (unpaired) electrons. The minimum absolute atomic E-state index is 0.729. The van der Waals surface area contributed by atoms with Gasteiger partial charge in [0.15, 0.2) is 0 Å². The molecule has 1 aliphatic heterocycles. The maximum absolute atomic E-state index is 2.43. The quantitative estimate of drug-likeness (QED) is 0.490. The number of hydrogen-bond donors (Lipinski definition) is 0. The van der Waals surface area contributed by atoms with E-state index in [1.807, 2.05) is 0 Å². The first-order chi connectivity index (χ1) is 4.70. The van der Waals surface area contributed by atoms with E-state index in [0.717, 1.165) is 6.04 Å². The molecular formula is C8H18N2. The SMILES string of the molecule is CC1CN(C)CCCN1C. The third-order valence-electron chi connectivity index (χ3n) is 2.38. The average Bonchev–Trinajstić information content (AvgIpc) is 1.96. The third kappa shape index (κ3) is 1.96. The molecule has 10 heavy (non-hydrogen) atoms. The van der Waals surface area contributed by atoms with Gasteiger partial charge >= 0.3 is 0 Å². The summed E-state index contributed by atoms with van der Waals surface area (Å²) < 4.78 is 0. The highest BCUT2D eigenvalue weighted by Gasteiger charge is 2.14. The van der Waals surface area contributed by atoms with Crippen molar-refractivity contribution in [2.24, 2.45) is 0 Å². The lowest BCUT2D eigenvalue weighted by molar-refractivity contribution is 0.242. The molecule has 0 aromatic carbocycles. The van der Waals surface area contributed by atoms with E-state index in [1.165, 1.54) is 26.1 Å². The summed E-state index contributed by atoms with van der Waals surface area (Å²) in [5.41, 5.74) is 0.